The Kier molecular flexibility index (Phi) is 7.21. The van der Waals surface area contributed by atoms with Gasteiger partial charge in [0.05, 0.1) is 25.5 Å². The van der Waals surface area contributed by atoms with E-state index >= 15 is 0 Å². The van der Waals surface area contributed by atoms with Gasteiger partial charge < -0.3 is 9.64 Å². The van der Waals surface area contributed by atoms with Crippen LogP contribution in [0.4, 0.5) is 11.1 Å². The van der Waals surface area contributed by atoms with Crippen molar-refractivity contribution in [2.45, 2.75) is 31.3 Å². The highest BCUT2D eigenvalue weighted by molar-refractivity contribution is 7.98. The number of hydrogen-bond donors (Lipinski definition) is 0. The molecule has 0 spiro atoms. The standard InChI is InChI=1S/C21H26N6O2S2/c1-3-26(16(2)28)20-22-18(14-30-20)15-31-21-24-23-19(25-9-11-29-12-10-25)27(21)13-17-7-5-4-6-8-17/h4-8,14H,3,9-13,15H2,1-2H3. The van der Waals surface area contributed by atoms with E-state index in [4.69, 9.17) is 4.74 Å². The van der Waals surface area contributed by atoms with Crippen molar-refractivity contribution in [1.29, 1.82) is 0 Å². The molecule has 4 rings (SSSR count). The van der Waals surface area contributed by atoms with E-state index in [0.29, 0.717) is 32.1 Å². The van der Waals surface area contributed by atoms with Gasteiger partial charge in [0.25, 0.3) is 0 Å². The third-order valence-electron chi connectivity index (χ3n) is 4.99. The van der Waals surface area contributed by atoms with Crippen LogP contribution in [0.15, 0.2) is 40.9 Å². The number of aromatic nitrogens is 4. The highest BCUT2D eigenvalue weighted by Crippen LogP contribution is 2.29. The summed E-state index contributed by atoms with van der Waals surface area (Å²) in [5, 5.41) is 12.6. The van der Waals surface area contributed by atoms with E-state index in [9.17, 15) is 4.79 Å². The van der Waals surface area contributed by atoms with E-state index in [0.717, 1.165) is 35.0 Å². The number of rotatable bonds is 8. The molecule has 1 aliphatic heterocycles. The Labute approximate surface area is 190 Å². The minimum absolute atomic E-state index is 0.00816. The Balaban J connectivity index is 1.53. The molecule has 0 radical (unpaired) electrons. The highest BCUT2D eigenvalue weighted by atomic mass is 32.2. The molecule has 2 aromatic heterocycles. The second-order valence-electron chi connectivity index (χ2n) is 7.13. The van der Waals surface area contributed by atoms with Crippen molar-refractivity contribution < 1.29 is 9.53 Å². The number of nitrogens with zero attached hydrogens (tertiary/aromatic N) is 6. The van der Waals surface area contributed by atoms with Crippen LogP contribution in [0.3, 0.4) is 0 Å². The van der Waals surface area contributed by atoms with Crippen molar-refractivity contribution in [1.82, 2.24) is 19.7 Å². The summed E-state index contributed by atoms with van der Waals surface area (Å²) in [5.74, 6) is 1.55. The molecule has 1 saturated heterocycles. The molecule has 8 nitrogen and oxygen atoms in total. The van der Waals surface area contributed by atoms with E-state index in [2.05, 4.69) is 36.8 Å². The van der Waals surface area contributed by atoms with Crippen LogP contribution in [0.2, 0.25) is 0 Å². The third-order valence-corrected chi connectivity index (χ3v) is 6.90. The minimum Gasteiger partial charge on any atom is -0.378 e. The molecule has 1 aromatic carbocycles. The van der Waals surface area contributed by atoms with Gasteiger partial charge in [0.2, 0.25) is 11.9 Å². The van der Waals surface area contributed by atoms with Gasteiger partial charge in [-0.3, -0.25) is 14.3 Å². The normalized spacial score (nSPS) is 14.1. The van der Waals surface area contributed by atoms with E-state index in [-0.39, 0.29) is 5.91 Å². The first kappa shape index (κ1) is 21.8. The maximum Gasteiger partial charge on any atom is 0.228 e. The second kappa shape index (κ2) is 10.3. The molecular weight excluding hydrogens is 432 g/mol. The van der Waals surface area contributed by atoms with Crippen LogP contribution < -0.4 is 9.80 Å². The molecule has 3 aromatic rings. The molecule has 1 fully saturated rings. The molecule has 0 aliphatic carbocycles. The fourth-order valence-corrected chi connectivity index (χ4v) is 5.27. The fraction of sp³-hybridized carbons (Fsp3) is 0.429. The summed E-state index contributed by atoms with van der Waals surface area (Å²) < 4.78 is 7.67. The lowest BCUT2D eigenvalue weighted by Crippen LogP contribution is -2.38. The zero-order valence-electron chi connectivity index (χ0n) is 17.7. The van der Waals surface area contributed by atoms with E-state index in [1.54, 1.807) is 23.6 Å². The summed E-state index contributed by atoms with van der Waals surface area (Å²) in [6.45, 7) is 7.87. The molecule has 164 valence electrons. The Bertz CT molecular complexity index is 1000. The number of benzene rings is 1. The quantitative estimate of drug-likeness (QED) is 0.480. The zero-order chi connectivity index (χ0) is 21.6. The number of carbonyl (C=O) groups is 1. The van der Waals surface area contributed by atoms with Crippen molar-refractivity contribution in [2.24, 2.45) is 0 Å². The minimum atomic E-state index is 0.00816. The number of amides is 1. The largest absolute Gasteiger partial charge is 0.378 e. The average molecular weight is 459 g/mol. The number of anilines is 2. The van der Waals surface area contributed by atoms with Gasteiger partial charge in [-0.15, -0.1) is 21.5 Å². The summed E-state index contributed by atoms with van der Waals surface area (Å²) >= 11 is 3.11. The van der Waals surface area contributed by atoms with Gasteiger partial charge in [-0.25, -0.2) is 4.98 Å². The summed E-state index contributed by atoms with van der Waals surface area (Å²) in [4.78, 5) is 20.4. The molecule has 0 unspecified atom stereocenters. The second-order valence-corrected chi connectivity index (χ2v) is 8.91. The predicted octanol–water partition coefficient (Wildman–Crippen LogP) is 3.28. The number of carbonyl (C=O) groups excluding carboxylic acids is 1. The fourth-order valence-electron chi connectivity index (χ4n) is 3.41. The van der Waals surface area contributed by atoms with Gasteiger partial charge in [-0.1, -0.05) is 42.1 Å². The lowest BCUT2D eigenvalue weighted by atomic mass is 10.2. The predicted molar refractivity (Wildman–Crippen MR) is 124 cm³/mol. The van der Waals surface area contributed by atoms with Crippen LogP contribution in [0.1, 0.15) is 25.1 Å². The van der Waals surface area contributed by atoms with Crippen LogP contribution in [0, 0.1) is 0 Å². The zero-order valence-corrected chi connectivity index (χ0v) is 19.4. The van der Waals surface area contributed by atoms with Gasteiger partial charge in [0.1, 0.15) is 0 Å². The average Bonchev–Trinajstić information content (AvgIpc) is 3.41. The smallest absolute Gasteiger partial charge is 0.228 e. The maximum absolute atomic E-state index is 11.8. The third kappa shape index (κ3) is 5.25. The summed E-state index contributed by atoms with van der Waals surface area (Å²) in [6.07, 6.45) is 0. The van der Waals surface area contributed by atoms with Gasteiger partial charge in [0, 0.05) is 37.7 Å². The number of thioether (sulfide) groups is 1. The highest BCUT2D eigenvalue weighted by Gasteiger charge is 2.21. The van der Waals surface area contributed by atoms with E-state index in [1.807, 2.05) is 30.5 Å². The number of ether oxygens (including phenoxy) is 1. The van der Waals surface area contributed by atoms with Crippen molar-refractivity contribution in [3.63, 3.8) is 0 Å². The van der Waals surface area contributed by atoms with Gasteiger partial charge in [-0.05, 0) is 12.5 Å². The van der Waals surface area contributed by atoms with Crippen molar-refractivity contribution in [2.75, 3.05) is 42.6 Å². The Morgan fingerprint density at radius 3 is 2.71 bits per heavy atom. The SMILES string of the molecule is CCN(C(C)=O)c1nc(CSc2nnc(N3CCOCC3)n2Cc2ccccc2)cs1. The number of hydrogen-bond acceptors (Lipinski definition) is 8. The first-order valence-electron chi connectivity index (χ1n) is 10.3. The van der Waals surface area contributed by atoms with Crippen LogP contribution in [-0.4, -0.2) is 58.5 Å². The molecule has 1 aliphatic rings. The summed E-state index contributed by atoms with van der Waals surface area (Å²) in [7, 11) is 0. The molecule has 31 heavy (non-hydrogen) atoms. The van der Waals surface area contributed by atoms with Gasteiger partial charge in [-0.2, -0.15) is 0 Å². The first-order chi connectivity index (χ1) is 15.2. The number of thiazole rings is 1. The molecule has 0 atom stereocenters. The lowest BCUT2D eigenvalue weighted by molar-refractivity contribution is -0.116. The van der Waals surface area contributed by atoms with E-state index < -0.39 is 0 Å². The monoisotopic (exact) mass is 458 g/mol. The molecular formula is C21H26N6O2S2. The number of morpholine rings is 1. The van der Waals surface area contributed by atoms with E-state index in [1.165, 1.54) is 16.9 Å². The molecule has 0 N–H and O–H groups in total. The Morgan fingerprint density at radius 1 is 1.23 bits per heavy atom. The van der Waals surface area contributed by atoms with Crippen molar-refractivity contribution in [3.8, 4) is 0 Å². The van der Waals surface area contributed by atoms with Gasteiger partial charge >= 0.3 is 0 Å². The van der Waals surface area contributed by atoms with Crippen LogP contribution in [-0.2, 0) is 21.8 Å². The molecule has 1 amide bonds. The van der Waals surface area contributed by atoms with Crippen LogP contribution >= 0.6 is 23.1 Å². The van der Waals surface area contributed by atoms with Crippen LogP contribution in [0.5, 0.6) is 0 Å². The topological polar surface area (TPSA) is 76.4 Å². The molecule has 0 saturated carbocycles. The Morgan fingerprint density at radius 2 is 2.00 bits per heavy atom. The molecule has 0 bridgehead atoms. The lowest BCUT2D eigenvalue weighted by Gasteiger charge is -2.28. The van der Waals surface area contributed by atoms with Crippen LogP contribution in [0.25, 0.3) is 0 Å². The molecule has 3 heterocycles. The first-order valence-corrected chi connectivity index (χ1v) is 12.2. The van der Waals surface area contributed by atoms with Gasteiger partial charge in [0.15, 0.2) is 10.3 Å². The molecule has 10 heteroatoms. The van der Waals surface area contributed by atoms with Crippen molar-refractivity contribution >= 4 is 40.1 Å². The maximum atomic E-state index is 11.8. The van der Waals surface area contributed by atoms with Crippen molar-refractivity contribution in [3.05, 3.63) is 47.0 Å². The summed E-state index contributed by atoms with van der Waals surface area (Å²) in [6, 6.07) is 10.4. The summed E-state index contributed by atoms with van der Waals surface area (Å²) in [5.41, 5.74) is 2.14. The Hall–Kier alpha value is -2.43.